The molecule has 0 saturated carbocycles. The fourth-order valence-electron chi connectivity index (χ4n) is 2.83. The Hall–Kier alpha value is -2.50. The maximum atomic E-state index is 11.3. The summed E-state index contributed by atoms with van der Waals surface area (Å²) in [5.41, 5.74) is 0.440. The van der Waals surface area contributed by atoms with Crippen LogP contribution in [0.1, 0.15) is 0 Å². The first-order valence-electron chi connectivity index (χ1n) is 9.03. The molecule has 0 saturated heterocycles. The average Bonchev–Trinajstić information content (AvgIpc) is 3.27. The van der Waals surface area contributed by atoms with Crippen LogP contribution in [0.4, 0.5) is 11.4 Å². The van der Waals surface area contributed by atoms with Gasteiger partial charge in [-0.2, -0.15) is 0 Å². The topological polar surface area (TPSA) is 189 Å². The third-order valence-corrected chi connectivity index (χ3v) is 6.08. The number of amides is 4. The van der Waals surface area contributed by atoms with Crippen molar-refractivity contribution in [3.8, 4) is 0 Å². The standard InChI is InChI=1S/2C10H7NO5S.Sr/c2*12-9-5-6-10(13)11(9)7-1-3-8(4-2-7)17(14,15)16;/h2*1-6H,(H,14,15,16);/q;;+2/p-2. The molecule has 2 aromatic carbocycles. The van der Waals surface area contributed by atoms with Gasteiger partial charge in [0, 0.05) is 24.3 Å². The molecule has 0 atom stereocenters. The first kappa shape index (κ1) is 28.7. The van der Waals surface area contributed by atoms with Crippen LogP contribution in [0.3, 0.4) is 0 Å². The van der Waals surface area contributed by atoms with E-state index in [9.17, 15) is 45.1 Å². The first-order chi connectivity index (χ1) is 15.8. The molecule has 176 valence electrons. The number of hydrogen-bond acceptors (Lipinski definition) is 10. The first-order valence-corrected chi connectivity index (χ1v) is 11.8. The molecule has 2 heterocycles. The van der Waals surface area contributed by atoms with E-state index in [1.54, 1.807) is 0 Å². The van der Waals surface area contributed by atoms with Crippen LogP contribution in [0, 0.1) is 0 Å². The van der Waals surface area contributed by atoms with Crippen LogP contribution in [0.25, 0.3) is 0 Å². The van der Waals surface area contributed by atoms with E-state index in [0.717, 1.165) is 58.4 Å². The minimum absolute atomic E-state index is 0. The zero-order chi connectivity index (χ0) is 25.3. The van der Waals surface area contributed by atoms with Crippen molar-refractivity contribution in [2.45, 2.75) is 9.79 Å². The summed E-state index contributed by atoms with van der Waals surface area (Å²) in [6, 6.07) is 9.13. The fourth-order valence-corrected chi connectivity index (χ4v) is 3.77. The van der Waals surface area contributed by atoms with Gasteiger partial charge in [0.2, 0.25) is 0 Å². The summed E-state index contributed by atoms with van der Waals surface area (Å²) >= 11 is 0. The third kappa shape index (κ3) is 6.80. The minimum Gasteiger partial charge on any atom is -0.744 e. The number of nitrogens with zero attached hydrogens (tertiary/aromatic N) is 2. The molecule has 12 nitrogen and oxygen atoms in total. The molecular formula is C20H12N2O10S2Sr. The van der Waals surface area contributed by atoms with E-state index in [2.05, 4.69) is 0 Å². The van der Waals surface area contributed by atoms with Crippen LogP contribution in [0.5, 0.6) is 0 Å². The Morgan fingerprint density at radius 3 is 0.914 bits per heavy atom. The molecule has 2 aliphatic heterocycles. The summed E-state index contributed by atoms with van der Waals surface area (Å²) < 4.78 is 64.1. The normalized spacial score (nSPS) is 15.3. The molecule has 0 radical (unpaired) electrons. The molecular weight excluding hydrogens is 580 g/mol. The van der Waals surface area contributed by atoms with Crippen molar-refractivity contribution in [2.75, 3.05) is 9.80 Å². The van der Waals surface area contributed by atoms with Crippen LogP contribution in [-0.2, 0) is 39.4 Å². The van der Waals surface area contributed by atoms with E-state index < -0.39 is 53.7 Å². The monoisotopic (exact) mass is 592 g/mol. The van der Waals surface area contributed by atoms with Crippen molar-refractivity contribution >= 4 is 101 Å². The number of hydrogen-bond donors (Lipinski definition) is 0. The number of imide groups is 2. The Morgan fingerprint density at radius 2 is 0.714 bits per heavy atom. The summed E-state index contributed by atoms with van der Waals surface area (Å²) in [6.45, 7) is 0. The molecule has 4 amide bonds. The molecule has 0 aliphatic carbocycles. The largest absolute Gasteiger partial charge is 2.00 e. The summed E-state index contributed by atoms with van der Waals surface area (Å²) in [5, 5.41) is 0. The Balaban J connectivity index is 0.000000240. The minimum atomic E-state index is -4.52. The summed E-state index contributed by atoms with van der Waals surface area (Å²) in [6.07, 6.45) is 4.45. The second-order valence-corrected chi connectivity index (χ2v) is 9.35. The van der Waals surface area contributed by atoms with Crippen molar-refractivity contribution in [3.63, 3.8) is 0 Å². The quantitative estimate of drug-likeness (QED) is 0.258. The van der Waals surface area contributed by atoms with Gasteiger partial charge in [0.1, 0.15) is 20.2 Å². The second kappa shape index (κ2) is 11.0. The maximum Gasteiger partial charge on any atom is 2.00 e. The van der Waals surface area contributed by atoms with Gasteiger partial charge in [-0.25, -0.2) is 26.6 Å². The fraction of sp³-hybridized carbons (Fsp3) is 0. The molecule has 0 spiro atoms. The van der Waals surface area contributed by atoms with Crippen LogP contribution >= 0.6 is 0 Å². The van der Waals surface area contributed by atoms with E-state index in [1.165, 1.54) is 24.3 Å². The van der Waals surface area contributed by atoms with Crippen molar-refractivity contribution in [1.29, 1.82) is 0 Å². The van der Waals surface area contributed by atoms with Gasteiger partial charge in [0.05, 0.1) is 21.2 Å². The maximum absolute atomic E-state index is 11.3. The van der Waals surface area contributed by atoms with Crippen LogP contribution < -0.4 is 9.80 Å². The van der Waals surface area contributed by atoms with Crippen molar-refractivity contribution < 1.29 is 45.1 Å². The summed E-state index contributed by atoms with van der Waals surface area (Å²) in [7, 11) is -9.05. The number of anilines is 2. The van der Waals surface area contributed by atoms with Crippen LogP contribution in [0.15, 0.2) is 82.6 Å². The molecule has 2 aliphatic rings. The zero-order valence-corrected chi connectivity index (χ0v) is 22.5. The van der Waals surface area contributed by atoms with Gasteiger partial charge in [-0.05, 0) is 48.5 Å². The second-order valence-electron chi connectivity index (χ2n) is 6.59. The smallest absolute Gasteiger partial charge is 0.744 e. The Labute approximate surface area is 236 Å². The number of rotatable bonds is 4. The van der Waals surface area contributed by atoms with Gasteiger partial charge in [-0.1, -0.05) is 0 Å². The van der Waals surface area contributed by atoms with Gasteiger partial charge in [0.25, 0.3) is 23.6 Å². The Bertz CT molecular complexity index is 1310. The number of carbonyl (C=O) groups excluding carboxylic acids is 4. The molecule has 0 bridgehead atoms. The summed E-state index contributed by atoms with van der Waals surface area (Å²) in [4.78, 5) is 46.2. The molecule has 0 aromatic heterocycles. The Morgan fingerprint density at radius 1 is 0.486 bits per heavy atom. The molecule has 0 unspecified atom stereocenters. The SMILES string of the molecule is O=C1C=CC(=O)N1c1ccc(S(=O)(=O)[O-])cc1.O=C1C=CC(=O)N1c1ccc(S(=O)(=O)[O-])cc1.[Sr+2]. The van der Waals surface area contributed by atoms with Gasteiger partial charge in [-0.15, -0.1) is 0 Å². The van der Waals surface area contributed by atoms with E-state index in [0.29, 0.717) is 0 Å². The Kier molecular flexibility index (Phi) is 9.07. The van der Waals surface area contributed by atoms with Crippen molar-refractivity contribution in [2.24, 2.45) is 0 Å². The van der Waals surface area contributed by atoms with Gasteiger partial charge in [-0.3, -0.25) is 19.2 Å². The summed E-state index contributed by atoms with van der Waals surface area (Å²) in [5.74, 6) is -2.03. The van der Waals surface area contributed by atoms with Gasteiger partial charge in [0.15, 0.2) is 0 Å². The van der Waals surface area contributed by atoms with Gasteiger partial charge < -0.3 is 9.11 Å². The van der Waals surface area contributed by atoms with E-state index in [-0.39, 0.29) is 56.9 Å². The third-order valence-electron chi connectivity index (χ3n) is 4.39. The number of benzene rings is 2. The zero-order valence-electron chi connectivity index (χ0n) is 17.4. The number of carbonyl (C=O) groups is 4. The average molecular weight is 592 g/mol. The van der Waals surface area contributed by atoms with Crippen molar-refractivity contribution in [3.05, 3.63) is 72.8 Å². The molecule has 35 heavy (non-hydrogen) atoms. The van der Waals surface area contributed by atoms with E-state index in [1.807, 2.05) is 0 Å². The predicted octanol–water partition coefficient (Wildman–Crippen LogP) is -0.341. The van der Waals surface area contributed by atoms with E-state index >= 15 is 0 Å². The van der Waals surface area contributed by atoms with Crippen LogP contribution in [0.2, 0.25) is 0 Å². The molecule has 2 aromatic rings. The predicted molar refractivity (Wildman–Crippen MR) is 118 cm³/mol. The molecule has 0 N–H and O–H groups in total. The molecule has 0 fully saturated rings. The van der Waals surface area contributed by atoms with Gasteiger partial charge >= 0.3 is 45.5 Å². The molecule has 4 rings (SSSR count). The molecule has 15 heteroatoms. The van der Waals surface area contributed by atoms with Crippen LogP contribution in [-0.4, -0.2) is 95.1 Å². The van der Waals surface area contributed by atoms with E-state index in [4.69, 9.17) is 0 Å². The van der Waals surface area contributed by atoms with Crippen molar-refractivity contribution in [1.82, 2.24) is 0 Å².